The van der Waals surface area contributed by atoms with E-state index in [2.05, 4.69) is 13.8 Å². The second-order valence-electron chi connectivity index (χ2n) is 3.99. The van der Waals surface area contributed by atoms with Crippen LogP contribution in [0.15, 0.2) is 11.6 Å². The Balaban J connectivity index is 3.72. The molecule has 0 saturated heterocycles. The Morgan fingerprint density at radius 2 is 1.73 bits per heavy atom. The van der Waals surface area contributed by atoms with E-state index in [1.54, 1.807) is 0 Å². The van der Waals surface area contributed by atoms with Crippen molar-refractivity contribution in [2.75, 3.05) is 0 Å². The van der Waals surface area contributed by atoms with E-state index >= 15 is 0 Å². The molecule has 0 heterocycles. The van der Waals surface area contributed by atoms with Gasteiger partial charge in [0, 0.05) is 5.57 Å². The molecular weight excluding hydrogens is 188 g/mol. The molecule has 0 amide bonds. The lowest BCUT2D eigenvalue weighted by Gasteiger charge is -2.02. The van der Waals surface area contributed by atoms with Crippen LogP contribution in [-0.2, 0) is 4.79 Å². The fourth-order valence-corrected chi connectivity index (χ4v) is 1.53. The first-order valence-electron chi connectivity index (χ1n) is 6.14. The van der Waals surface area contributed by atoms with Gasteiger partial charge in [0.25, 0.3) is 0 Å². The number of allylic oxidation sites excluding steroid dienone is 1. The van der Waals surface area contributed by atoms with E-state index < -0.39 is 5.97 Å². The van der Waals surface area contributed by atoms with Gasteiger partial charge in [0.15, 0.2) is 0 Å². The highest BCUT2D eigenvalue weighted by Gasteiger charge is 2.05. The average molecular weight is 212 g/mol. The molecule has 2 nitrogen and oxygen atoms in total. The predicted molar refractivity (Wildman–Crippen MR) is 64.0 cm³/mol. The van der Waals surface area contributed by atoms with E-state index in [4.69, 9.17) is 5.11 Å². The maximum atomic E-state index is 10.9. The van der Waals surface area contributed by atoms with Gasteiger partial charge in [0.05, 0.1) is 0 Å². The smallest absolute Gasteiger partial charge is 0.331 e. The quantitative estimate of drug-likeness (QED) is 0.460. The molecule has 0 unspecified atom stereocenters. The summed E-state index contributed by atoms with van der Waals surface area (Å²) in [5, 5.41) is 8.93. The first-order valence-corrected chi connectivity index (χ1v) is 6.14. The summed E-state index contributed by atoms with van der Waals surface area (Å²) in [6, 6.07) is 0. The van der Waals surface area contributed by atoms with Crippen molar-refractivity contribution >= 4 is 5.97 Å². The van der Waals surface area contributed by atoms with Crippen molar-refractivity contribution in [3.63, 3.8) is 0 Å². The van der Waals surface area contributed by atoms with Crippen molar-refractivity contribution in [2.45, 2.75) is 65.2 Å². The largest absolute Gasteiger partial charge is 0.478 e. The maximum absolute atomic E-state index is 10.9. The van der Waals surface area contributed by atoms with Crippen LogP contribution in [-0.4, -0.2) is 11.1 Å². The normalized spacial score (nSPS) is 11.7. The molecule has 0 atom stereocenters. The number of hydrogen-bond acceptors (Lipinski definition) is 1. The van der Waals surface area contributed by atoms with Crippen LogP contribution in [0.3, 0.4) is 0 Å². The van der Waals surface area contributed by atoms with Crippen LogP contribution in [0.25, 0.3) is 0 Å². The summed E-state index contributed by atoms with van der Waals surface area (Å²) in [6.07, 6.45) is 10.4. The summed E-state index contributed by atoms with van der Waals surface area (Å²) < 4.78 is 0. The van der Waals surface area contributed by atoms with Gasteiger partial charge in [-0.3, -0.25) is 0 Å². The molecule has 0 aromatic heterocycles. The number of carboxylic acid groups (broad SMARTS) is 1. The second-order valence-corrected chi connectivity index (χ2v) is 3.99. The highest BCUT2D eigenvalue weighted by atomic mass is 16.4. The van der Waals surface area contributed by atoms with Gasteiger partial charge in [-0.1, -0.05) is 52.0 Å². The molecule has 0 aliphatic heterocycles. The third-order valence-electron chi connectivity index (χ3n) is 2.50. The molecular formula is C13H24O2. The summed E-state index contributed by atoms with van der Waals surface area (Å²) in [5.41, 5.74) is 0.605. The van der Waals surface area contributed by atoms with Crippen molar-refractivity contribution in [2.24, 2.45) is 0 Å². The summed E-state index contributed by atoms with van der Waals surface area (Å²) in [7, 11) is 0. The zero-order valence-electron chi connectivity index (χ0n) is 10.1. The van der Waals surface area contributed by atoms with Crippen LogP contribution < -0.4 is 0 Å². The molecule has 0 spiro atoms. The van der Waals surface area contributed by atoms with E-state index in [0.717, 1.165) is 32.1 Å². The van der Waals surface area contributed by atoms with Crippen molar-refractivity contribution in [1.82, 2.24) is 0 Å². The molecule has 88 valence electrons. The summed E-state index contributed by atoms with van der Waals surface area (Å²) in [6.45, 7) is 4.25. The van der Waals surface area contributed by atoms with Crippen LogP contribution in [0.4, 0.5) is 0 Å². The minimum absolute atomic E-state index is 0.605. The highest BCUT2D eigenvalue weighted by Crippen LogP contribution is 2.12. The number of hydrogen-bond donors (Lipinski definition) is 1. The van der Waals surface area contributed by atoms with Gasteiger partial charge < -0.3 is 5.11 Å². The molecule has 2 heteroatoms. The number of carboxylic acids is 1. The van der Waals surface area contributed by atoms with Crippen molar-refractivity contribution in [3.8, 4) is 0 Å². The third-order valence-corrected chi connectivity index (χ3v) is 2.50. The van der Waals surface area contributed by atoms with Gasteiger partial charge in [-0.2, -0.15) is 0 Å². The van der Waals surface area contributed by atoms with Gasteiger partial charge in [-0.15, -0.1) is 0 Å². The predicted octanol–water partition coefficient (Wildman–Crippen LogP) is 4.16. The van der Waals surface area contributed by atoms with Gasteiger partial charge in [0.1, 0.15) is 0 Å². The minimum Gasteiger partial charge on any atom is -0.478 e. The summed E-state index contributed by atoms with van der Waals surface area (Å²) in [5.74, 6) is -0.737. The fourth-order valence-electron chi connectivity index (χ4n) is 1.53. The van der Waals surface area contributed by atoms with Gasteiger partial charge in [0.2, 0.25) is 0 Å². The molecule has 0 aliphatic rings. The average Bonchev–Trinajstić information content (AvgIpc) is 2.21. The maximum Gasteiger partial charge on any atom is 0.331 e. The minimum atomic E-state index is -0.737. The fraction of sp³-hybridized carbons (Fsp3) is 0.769. The molecule has 0 aromatic rings. The Labute approximate surface area is 93.4 Å². The van der Waals surface area contributed by atoms with Gasteiger partial charge >= 0.3 is 5.97 Å². The lowest BCUT2D eigenvalue weighted by molar-refractivity contribution is -0.132. The van der Waals surface area contributed by atoms with E-state index in [0.29, 0.717) is 5.57 Å². The molecule has 0 fully saturated rings. The van der Waals surface area contributed by atoms with Crippen molar-refractivity contribution in [3.05, 3.63) is 11.6 Å². The molecule has 15 heavy (non-hydrogen) atoms. The Bertz CT molecular complexity index is 195. The molecule has 0 radical (unpaired) electrons. The molecule has 0 bridgehead atoms. The first kappa shape index (κ1) is 14.2. The highest BCUT2D eigenvalue weighted by molar-refractivity contribution is 5.86. The lowest BCUT2D eigenvalue weighted by Crippen LogP contribution is -2.00. The van der Waals surface area contributed by atoms with E-state index in [1.807, 2.05) is 6.08 Å². The van der Waals surface area contributed by atoms with Crippen LogP contribution in [0.5, 0.6) is 0 Å². The molecule has 0 rings (SSSR count). The first-order chi connectivity index (χ1) is 7.22. The Hall–Kier alpha value is -0.790. The van der Waals surface area contributed by atoms with E-state index in [1.165, 1.54) is 19.3 Å². The van der Waals surface area contributed by atoms with Gasteiger partial charge in [-0.25, -0.2) is 4.79 Å². The third kappa shape index (κ3) is 8.22. The number of carbonyl (C=O) groups is 1. The molecule has 0 aliphatic carbocycles. The van der Waals surface area contributed by atoms with Crippen LogP contribution in [0.2, 0.25) is 0 Å². The SMILES string of the molecule is CCCC=C(CCCCCCC)C(=O)O. The van der Waals surface area contributed by atoms with E-state index in [-0.39, 0.29) is 0 Å². The van der Waals surface area contributed by atoms with Crippen LogP contribution in [0.1, 0.15) is 65.2 Å². The Kier molecular flexibility index (Phi) is 9.24. The number of rotatable bonds is 9. The standard InChI is InChI=1S/C13H24O2/c1-3-5-7-8-9-11-12(13(14)15)10-6-4-2/h10H,3-9,11H2,1-2H3,(H,14,15). The second kappa shape index (κ2) is 9.75. The van der Waals surface area contributed by atoms with Crippen molar-refractivity contribution in [1.29, 1.82) is 0 Å². The number of unbranched alkanes of at least 4 members (excludes halogenated alkanes) is 5. The Morgan fingerprint density at radius 1 is 1.07 bits per heavy atom. The summed E-state index contributed by atoms with van der Waals surface area (Å²) >= 11 is 0. The zero-order valence-corrected chi connectivity index (χ0v) is 10.1. The van der Waals surface area contributed by atoms with Crippen LogP contribution >= 0.6 is 0 Å². The lowest BCUT2D eigenvalue weighted by atomic mass is 10.0. The summed E-state index contributed by atoms with van der Waals surface area (Å²) in [4.78, 5) is 10.9. The molecule has 0 saturated carbocycles. The van der Waals surface area contributed by atoms with Crippen LogP contribution in [0, 0.1) is 0 Å². The van der Waals surface area contributed by atoms with E-state index in [9.17, 15) is 4.79 Å². The zero-order chi connectivity index (χ0) is 11.5. The van der Waals surface area contributed by atoms with Crippen molar-refractivity contribution < 1.29 is 9.90 Å². The topological polar surface area (TPSA) is 37.3 Å². The molecule has 1 N–H and O–H groups in total. The molecule has 0 aromatic carbocycles. The van der Waals surface area contributed by atoms with Gasteiger partial charge in [-0.05, 0) is 19.3 Å². The number of aliphatic carboxylic acids is 1. The Morgan fingerprint density at radius 3 is 2.27 bits per heavy atom. The monoisotopic (exact) mass is 212 g/mol.